The fourth-order valence-corrected chi connectivity index (χ4v) is 4.43. The number of rotatable bonds is 6. The first-order valence-electron chi connectivity index (χ1n) is 6.58. The maximum absolute atomic E-state index is 12.8. The van der Waals surface area contributed by atoms with Gasteiger partial charge in [0.1, 0.15) is 16.4 Å². The summed E-state index contributed by atoms with van der Waals surface area (Å²) in [6.45, 7) is 9.78. The molecule has 1 aromatic rings. The third-order valence-electron chi connectivity index (χ3n) is 3.12. The van der Waals surface area contributed by atoms with Crippen molar-refractivity contribution >= 4 is 10.0 Å². The van der Waals surface area contributed by atoms with Crippen LogP contribution in [0.25, 0.3) is 0 Å². The van der Waals surface area contributed by atoms with E-state index in [1.807, 2.05) is 20.8 Å². The SMILES string of the molecule is CCCN(C(C)C)S(=O)(=O)c1c(C)oc(C)c1CN. The normalized spacial score (nSPS) is 12.6. The van der Waals surface area contributed by atoms with Crippen molar-refractivity contribution in [3.63, 3.8) is 0 Å². The van der Waals surface area contributed by atoms with Crippen LogP contribution in [-0.4, -0.2) is 25.3 Å². The van der Waals surface area contributed by atoms with Gasteiger partial charge in [0.15, 0.2) is 0 Å². The van der Waals surface area contributed by atoms with Crippen LogP contribution < -0.4 is 5.73 Å². The van der Waals surface area contributed by atoms with E-state index in [1.165, 1.54) is 4.31 Å². The van der Waals surface area contributed by atoms with Crippen LogP contribution in [0.5, 0.6) is 0 Å². The Bertz CT molecular complexity index is 532. The lowest BCUT2D eigenvalue weighted by Gasteiger charge is -2.25. The monoisotopic (exact) mass is 288 g/mol. The number of hydrogen-bond acceptors (Lipinski definition) is 4. The Hall–Kier alpha value is -0.850. The number of aryl methyl sites for hydroxylation is 2. The van der Waals surface area contributed by atoms with Gasteiger partial charge in [0.25, 0.3) is 0 Å². The van der Waals surface area contributed by atoms with Crippen molar-refractivity contribution in [1.82, 2.24) is 4.31 Å². The van der Waals surface area contributed by atoms with Crippen molar-refractivity contribution in [3.05, 3.63) is 17.1 Å². The molecule has 110 valence electrons. The summed E-state index contributed by atoms with van der Waals surface area (Å²) in [5.74, 6) is 0.999. The molecule has 1 aromatic heterocycles. The molecule has 0 aromatic carbocycles. The molecular formula is C13H24N2O3S. The standard InChI is InChI=1S/C13H24N2O3S/c1-6-7-15(9(2)3)19(16,17)13-11(5)18-10(4)12(13)8-14/h9H,6-8,14H2,1-5H3. The predicted molar refractivity (Wildman–Crippen MR) is 75.4 cm³/mol. The maximum Gasteiger partial charge on any atom is 0.247 e. The Kier molecular flexibility index (Phi) is 5.18. The van der Waals surface area contributed by atoms with Crippen molar-refractivity contribution in [3.8, 4) is 0 Å². The van der Waals surface area contributed by atoms with Gasteiger partial charge >= 0.3 is 0 Å². The molecule has 0 aliphatic rings. The molecule has 2 N–H and O–H groups in total. The quantitative estimate of drug-likeness (QED) is 0.870. The Morgan fingerprint density at radius 2 is 1.84 bits per heavy atom. The van der Waals surface area contributed by atoms with Crippen molar-refractivity contribution in [2.45, 2.75) is 58.5 Å². The van der Waals surface area contributed by atoms with E-state index in [2.05, 4.69) is 0 Å². The lowest BCUT2D eigenvalue weighted by atomic mass is 10.2. The topological polar surface area (TPSA) is 76.5 Å². The Morgan fingerprint density at radius 1 is 1.26 bits per heavy atom. The van der Waals surface area contributed by atoms with Gasteiger partial charge in [0.2, 0.25) is 10.0 Å². The molecule has 0 radical (unpaired) electrons. The van der Waals surface area contributed by atoms with E-state index in [9.17, 15) is 8.42 Å². The van der Waals surface area contributed by atoms with E-state index >= 15 is 0 Å². The van der Waals surface area contributed by atoms with E-state index in [1.54, 1.807) is 13.8 Å². The minimum Gasteiger partial charge on any atom is -0.465 e. The highest BCUT2D eigenvalue weighted by Crippen LogP contribution is 2.29. The second-order valence-corrected chi connectivity index (χ2v) is 6.76. The van der Waals surface area contributed by atoms with Crippen LogP contribution >= 0.6 is 0 Å². The van der Waals surface area contributed by atoms with Gasteiger partial charge in [-0.2, -0.15) is 4.31 Å². The minimum atomic E-state index is -3.56. The molecular weight excluding hydrogens is 264 g/mol. The molecule has 0 bridgehead atoms. The Labute approximate surface area is 115 Å². The van der Waals surface area contributed by atoms with Gasteiger partial charge in [-0.25, -0.2) is 8.42 Å². The van der Waals surface area contributed by atoms with E-state index in [0.717, 1.165) is 6.42 Å². The molecule has 0 fully saturated rings. The van der Waals surface area contributed by atoms with Crippen molar-refractivity contribution in [2.24, 2.45) is 5.73 Å². The zero-order valence-electron chi connectivity index (χ0n) is 12.4. The molecule has 0 saturated heterocycles. The van der Waals surface area contributed by atoms with Crippen molar-refractivity contribution in [2.75, 3.05) is 6.54 Å². The molecule has 6 heteroatoms. The van der Waals surface area contributed by atoms with Gasteiger partial charge < -0.3 is 10.2 Å². The summed E-state index contributed by atoms with van der Waals surface area (Å²) in [6, 6.07) is -0.0924. The first-order chi connectivity index (χ1) is 8.77. The van der Waals surface area contributed by atoms with E-state index in [0.29, 0.717) is 23.6 Å². The Balaban J connectivity index is 3.41. The van der Waals surface area contributed by atoms with Crippen molar-refractivity contribution in [1.29, 1.82) is 0 Å². The van der Waals surface area contributed by atoms with Gasteiger partial charge in [-0.3, -0.25) is 0 Å². The van der Waals surface area contributed by atoms with Gasteiger partial charge in [-0.15, -0.1) is 0 Å². The number of nitrogens with two attached hydrogens (primary N) is 1. The summed E-state index contributed by atoms with van der Waals surface area (Å²) in [7, 11) is -3.56. The van der Waals surface area contributed by atoms with E-state index in [4.69, 9.17) is 10.2 Å². The summed E-state index contributed by atoms with van der Waals surface area (Å²) in [5, 5.41) is 0. The summed E-state index contributed by atoms with van der Waals surface area (Å²) in [6.07, 6.45) is 0.769. The summed E-state index contributed by atoms with van der Waals surface area (Å²) in [5.41, 5.74) is 6.25. The third kappa shape index (κ3) is 3.01. The molecule has 0 atom stereocenters. The molecule has 19 heavy (non-hydrogen) atoms. The highest BCUT2D eigenvalue weighted by Gasteiger charge is 2.32. The van der Waals surface area contributed by atoms with Crippen LogP contribution in [0.4, 0.5) is 0 Å². The van der Waals surface area contributed by atoms with Crippen molar-refractivity contribution < 1.29 is 12.8 Å². The summed E-state index contributed by atoms with van der Waals surface area (Å²) in [4.78, 5) is 0.245. The maximum atomic E-state index is 12.8. The highest BCUT2D eigenvalue weighted by atomic mass is 32.2. The summed E-state index contributed by atoms with van der Waals surface area (Å²) < 4.78 is 32.5. The number of furan rings is 1. The fraction of sp³-hybridized carbons (Fsp3) is 0.692. The van der Waals surface area contributed by atoms with Crippen LogP contribution in [0.3, 0.4) is 0 Å². The average molecular weight is 288 g/mol. The van der Waals surface area contributed by atoms with Crippen LogP contribution in [0.1, 0.15) is 44.3 Å². The number of sulfonamides is 1. The largest absolute Gasteiger partial charge is 0.465 e. The first-order valence-corrected chi connectivity index (χ1v) is 8.02. The number of nitrogens with zero attached hydrogens (tertiary/aromatic N) is 1. The van der Waals surface area contributed by atoms with Gasteiger partial charge in [0, 0.05) is 24.7 Å². The van der Waals surface area contributed by atoms with E-state index < -0.39 is 10.0 Å². The molecule has 0 saturated carbocycles. The van der Waals surface area contributed by atoms with Crippen LogP contribution in [0, 0.1) is 13.8 Å². The predicted octanol–water partition coefficient (Wildman–Crippen LogP) is 2.16. The number of hydrogen-bond donors (Lipinski definition) is 1. The molecule has 0 amide bonds. The average Bonchev–Trinajstić information content (AvgIpc) is 2.60. The zero-order chi connectivity index (χ0) is 14.8. The van der Waals surface area contributed by atoms with Crippen LogP contribution in [0.15, 0.2) is 9.31 Å². The minimum absolute atomic E-state index is 0.0924. The first kappa shape index (κ1) is 16.2. The van der Waals surface area contributed by atoms with Crippen LogP contribution in [-0.2, 0) is 16.6 Å². The highest BCUT2D eigenvalue weighted by molar-refractivity contribution is 7.89. The molecule has 0 aliphatic carbocycles. The molecule has 0 spiro atoms. The molecule has 0 aliphatic heterocycles. The zero-order valence-corrected chi connectivity index (χ0v) is 13.2. The molecule has 5 nitrogen and oxygen atoms in total. The smallest absolute Gasteiger partial charge is 0.247 e. The lowest BCUT2D eigenvalue weighted by molar-refractivity contribution is 0.353. The third-order valence-corrected chi connectivity index (χ3v) is 5.39. The molecule has 1 heterocycles. The van der Waals surface area contributed by atoms with Gasteiger partial charge in [-0.05, 0) is 34.1 Å². The molecule has 0 unspecified atom stereocenters. The second kappa shape index (κ2) is 6.07. The van der Waals surface area contributed by atoms with Gasteiger partial charge in [-0.1, -0.05) is 6.92 Å². The van der Waals surface area contributed by atoms with Gasteiger partial charge in [0.05, 0.1) is 0 Å². The fourth-order valence-electron chi connectivity index (χ4n) is 2.28. The van der Waals surface area contributed by atoms with Crippen LogP contribution in [0.2, 0.25) is 0 Å². The second-order valence-electron chi connectivity index (χ2n) is 4.94. The summed E-state index contributed by atoms with van der Waals surface area (Å²) >= 11 is 0. The lowest BCUT2D eigenvalue weighted by Crippen LogP contribution is -2.38. The Morgan fingerprint density at radius 3 is 2.26 bits per heavy atom. The molecule has 1 rings (SSSR count). The van der Waals surface area contributed by atoms with E-state index in [-0.39, 0.29) is 17.5 Å².